The number of nitrogens with one attached hydrogen (secondary N) is 2. The average molecular weight is 1490 g/mol. The lowest BCUT2D eigenvalue weighted by atomic mass is 9.78. The highest BCUT2D eigenvalue weighted by Gasteiger charge is 2.26. The smallest absolute Gasteiger partial charge is 0.340 e. The number of nitrogens with zero attached hydrogens (tertiary/aromatic N) is 4. The van der Waals surface area contributed by atoms with Gasteiger partial charge in [0, 0.05) is 11.4 Å². The molecule has 0 aliphatic carbocycles. The van der Waals surface area contributed by atoms with E-state index in [2.05, 4.69) is 58.8 Å². The molecule has 4 rings (SSSR count). The minimum atomic E-state index is -1.37. The van der Waals surface area contributed by atoms with Gasteiger partial charge in [0.1, 0.15) is 0 Å². The molecule has 0 aromatic heterocycles. The Kier molecular flexibility index (Phi) is 54.6. The summed E-state index contributed by atoms with van der Waals surface area (Å²) in [5.41, 5.74) is 4.60. The van der Waals surface area contributed by atoms with Crippen molar-refractivity contribution < 1.29 is 38.2 Å². The second-order valence-corrected chi connectivity index (χ2v) is 31.2. The molecule has 108 heavy (non-hydrogen) atoms. The van der Waals surface area contributed by atoms with Crippen LogP contribution in [0.2, 0.25) is 0 Å². The molecule has 14 nitrogen and oxygen atoms in total. The van der Waals surface area contributed by atoms with E-state index >= 15 is 0 Å². The number of ether oxygens (including phenoxy) is 2. The molecular formula is C94H148N6O8. The lowest BCUT2D eigenvalue weighted by molar-refractivity contribution is -0.127. The van der Waals surface area contributed by atoms with Gasteiger partial charge >= 0.3 is 11.9 Å². The molecule has 0 radical (unpaired) electrons. The van der Waals surface area contributed by atoms with Gasteiger partial charge in [-0.05, 0) is 124 Å². The highest BCUT2D eigenvalue weighted by Crippen LogP contribution is 2.35. The summed E-state index contributed by atoms with van der Waals surface area (Å²) >= 11 is 0. The molecule has 0 spiro atoms. The summed E-state index contributed by atoms with van der Waals surface area (Å²) in [5, 5.41) is 22.5. The molecule has 0 aliphatic rings. The zero-order valence-corrected chi connectivity index (χ0v) is 68.8. The lowest BCUT2D eigenvalue weighted by Crippen LogP contribution is -2.31. The first-order valence-electron chi connectivity index (χ1n) is 44.0. The van der Waals surface area contributed by atoms with E-state index in [-0.39, 0.29) is 22.5 Å². The van der Waals surface area contributed by atoms with E-state index in [1.54, 1.807) is 48.5 Å². The fraction of sp³-hybridized carbons (Fsp3) is 0.681. The van der Waals surface area contributed by atoms with Crippen LogP contribution in [0.25, 0.3) is 0 Å². The molecule has 0 heterocycles. The molecule has 14 heteroatoms. The van der Waals surface area contributed by atoms with Crippen LogP contribution in [0.3, 0.4) is 0 Å². The van der Waals surface area contributed by atoms with Gasteiger partial charge in [0.2, 0.25) is 12.1 Å². The minimum Gasteiger partial charge on any atom is -0.462 e. The third-order valence-corrected chi connectivity index (χ3v) is 21.6. The maximum atomic E-state index is 13.4. The van der Waals surface area contributed by atoms with Crippen LogP contribution in [-0.2, 0) is 41.5 Å². The fourth-order valence-corrected chi connectivity index (χ4v) is 14.8. The Morgan fingerprint density at radius 2 is 0.556 bits per heavy atom. The summed E-state index contributed by atoms with van der Waals surface area (Å²) in [6.07, 6.45) is 64.8. The monoisotopic (exact) mass is 1490 g/mol. The molecule has 2 amide bonds. The van der Waals surface area contributed by atoms with E-state index in [0.717, 1.165) is 88.9 Å². The minimum absolute atomic E-state index is 0.242. The second-order valence-electron chi connectivity index (χ2n) is 31.2. The summed E-state index contributed by atoms with van der Waals surface area (Å²) in [5.74, 6) is -1.53. The van der Waals surface area contributed by atoms with E-state index in [0.29, 0.717) is 24.6 Å². The van der Waals surface area contributed by atoms with Crippen LogP contribution in [0.4, 0.5) is 22.7 Å². The summed E-state index contributed by atoms with van der Waals surface area (Å²) in [6, 6.07) is 26.4. The maximum absolute atomic E-state index is 13.4. The van der Waals surface area contributed by atoms with Gasteiger partial charge in [-0.3, -0.25) is 19.2 Å². The Labute approximate surface area is 655 Å². The number of azo groups is 2. The molecule has 2 N–H and O–H groups in total. The molecule has 0 aliphatic heterocycles. The summed E-state index contributed by atoms with van der Waals surface area (Å²) in [6.45, 7) is 12.3. The molecule has 0 saturated carbocycles. The number of aryl methyl sites for hydroxylation is 2. The Morgan fingerprint density at radius 3 is 0.833 bits per heavy atom. The van der Waals surface area contributed by atoms with Crippen LogP contribution >= 0.6 is 0 Å². The molecular weight excluding hydrogens is 1340 g/mol. The Hall–Kier alpha value is -6.70. The number of esters is 2. The van der Waals surface area contributed by atoms with Crippen molar-refractivity contribution in [2.75, 3.05) is 23.8 Å². The number of benzene rings is 4. The van der Waals surface area contributed by atoms with Gasteiger partial charge in [-0.15, -0.1) is 0 Å². The highest BCUT2D eigenvalue weighted by molar-refractivity contribution is 6.11. The molecule has 4 aromatic rings. The Bertz CT molecular complexity index is 2850. The van der Waals surface area contributed by atoms with Gasteiger partial charge in [-0.1, -0.05) is 372 Å². The molecule has 0 fully saturated rings. The van der Waals surface area contributed by atoms with Gasteiger partial charge in [0.05, 0.1) is 35.7 Å². The predicted octanol–water partition coefficient (Wildman–Crippen LogP) is 28.0. The number of amides is 2. The Morgan fingerprint density at radius 1 is 0.306 bits per heavy atom. The number of Topliss-reactive ketones (excluding diaryl/α,β-unsaturated/α-hetero) is 2. The van der Waals surface area contributed by atoms with Gasteiger partial charge in [-0.2, -0.15) is 20.5 Å². The first kappa shape index (κ1) is 93.7. The number of carbonyl (C=O) groups excluding carboxylic acids is 6. The normalized spacial score (nSPS) is 12.7. The molecule has 4 aromatic carbocycles. The topological polar surface area (TPSA) is 194 Å². The van der Waals surface area contributed by atoms with Crippen LogP contribution < -0.4 is 10.6 Å². The number of carbonyl (C=O) groups is 6. The van der Waals surface area contributed by atoms with Crippen molar-refractivity contribution in [1.82, 2.24) is 0 Å². The third-order valence-electron chi connectivity index (χ3n) is 21.6. The maximum Gasteiger partial charge on any atom is 0.340 e. The summed E-state index contributed by atoms with van der Waals surface area (Å²) in [4.78, 5) is 79.0. The average Bonchev–Trinajstić information content (AvgIpc) is 0.855. The first-order valence-corrected chi connectivity index (χ1v) is 44.0. The standard InChI is InChI=1S/C94H148N6O8/c1-7-11-15-19-23-25-27-31-37-45-57-79-67-71-83(72-68-79)95-91(103)89(77(5)101)99-97-87-65-53-51-63-85(87)93(105)107-75-55-43-35-33-41-49-61-81(59-47-39-29-21-17-13-9-3)82(60-48-40-30-22-18-14-10-4)62-50-42-34-36-44-56-76-108-94(106)86-64-52-54-66-88(86)98-100-90(78(6)102)92(104)96-84-73-69-80(70-74-84)58-46-38-32-28-26-24-20-16-12-8-2/h51-54,63-74,81-82,89-90H,7-50,55-62,75-76H2,1-6H3,(H,95,103)(H,96,104). The quantitative estimate of drug-likeness (QED) is 0.0189. The molecule has 0 saturated heterocycles. The first-order chi connectivity index (χ1) is 52.9. The van der Waals surface area contributed by atoms with E-state index in [9.17, 15) is 28.8 Å². The van der Waals surface area contributed by atoms with Crippen LogP contribution in [-0.4, -0.2) is 60.6 Å². The number of ketones is 2. The summed E-state index contributed by atoms with van der Waals surface area (Å²) < 4.78 is 11.5. The van der Waals surface area contributed by atoms with Gasteiger partial charge < -0.3 is 20.1 Å². The fourth-order valence-electron chi connectivity index (χ4n) is 14.8. The number of rotatable bonds is 69. The third kappa shape index (κ3) is 44.2. The van der Waals surface area contributed by atoms with Crippen molar-refractivity contribution in [1.29, 1.82) is 0 Å². The van der Waals surface area contributed by atoms with Crippen LogP contribution in [0.5, 0.6) is 0 Å². The molecule has 602 valence electrons. The van der Waals surface area contributed by atoms with E-state index < -0.39 is 47.4 Å². The van der Waals surface area contributed by atoms with Crippen LogP contribution in [0.15, 0.2) is 118 Å². The van der Waals surface area contributed by atoms with Gasteiger partial charge in [-0.25, -0.2) is 9.59 Å². The summed E-state index contributed by atoms with van der Waals surface area (Å²) in [7, 11) is 0. The van der Waals surface area contributed by atoms with Gasteiger partial charge in [0.25, 0.3) is 11.8 Å². The lowest BCUT2D eigenvalue weighted by Gasteiger charge is -2.28. The van der Waals surface area contributed by atoms with Crippen molar-refractivity contribution >= 4 is 58.1 Å². The van der Waals surface area contributed by atoms with Crippen molar-refractivity contribution in [3.8, 4) is 0 Å². The van der Waals surface area contributed by atoms with Crippen molar-refractivity contribution in [3.05, 3.63) is 119 Å². The number of anilines is 2. The van der Waals surface area contributed by atoms with Crippen molar-refractivity contribution in [2.24, 2.45) is 32.3 Å². The second kappa shape index (κ2) is 63.0. The largest absolute Gasteiger partial charge is 0.462 e. The van der Waals surface area contributed by atoms with Crippen molar-refractivity contribution in [3.63, 3.8) is 0 Å². The van der Waals surface area contributed by atoms with Gasteiger partial charge in [0.15, 0.2) is 11.6 Å². The zero-order valence-electron chi connectivity index (χ0n) is 68.8. The SMILES string of the molecule is CCCCCCCCCCCCc1ccc(NC(=O)C(N=Nc2ccccc2C(=O)OCCCCCCCCC(CCCCCCCCC)C(CCCCCCCCC)CCCCCCCCOC(=O)c2ccccc2N=NC(C(C)=O)C(=O)Nc2ccc(CCCCCCCCCCCC)cc2)C(C)=O)cc1. The molecule has 0 bridgehead atoms. The highest BCUT2D eigenvalue weighted by atomic mass is 16.5. The van der Waals surface area contributed by atoms with E-state index in [4.69, 9.17) is 9.47 Å². The molecule has 4 atom stereocenters. The molecule has 4 unspecified atom stereocenters. The van der Waals surface area contributed by atoms with Crippen LogP contribution in [0.1, 0.15) is 394 Å². The van der Waals surface area contributed by atoms with Crippen LogP contribution in [0, 0.1) is 11.8 Å². The van der Waals surface area contributed by atoms with E-state index in [1.807, 2.05) is 48.5 Å². The number of unbranched alkanes of at least 4 members (excludes halogenated alkanes) is 40. The zero-order chi connectivity index (χ0) is 77.5. The van der Waals surface area contributed by atoms with Crippen molar-refractivity contribution in [2.45, 2.75) is 388 Å². The van der Waals surface area contributed by atoms with E-state index in [1.165, 1.54) is 282 Å². The predicted molar refractivity (Wildman–Crippen MR) is 449 cm³/mol. The Balaban J connectivity index is 1.19. The number of hydrogen-bond donors (Lipinski definition) is 2. The number of hydrogen-bond acceptors (Lipinski definition) is 12.